The highest BCUT2D eigenvalue weighted by Crippen LogP contribution is 2.38. The SMILES string of the molecule is COc1cc(CCC(=O)NNC(=O)CSc2ccccc2F)cc(OC)c1OC. The van der Waals surface area contributed by atoms with Crippen molar-refractivity contribution in [1.29, 1.82) is 0 Å². The van der Waals surface area contributed by atoms with Gasteiger partial charge in [-0.1, -0.05) is 12.1 Å². The average Bonchev–Trinajstić information content (AvgIpc) is 2.74. The normalized spacial score (nSPS) is 10.2. The summed E-state index contributed by atoms with van der Waals surface area (Å²) in [6.45, 7) is 0. The Morgan fingerprint density at radius 2 is 1.59 bits per heavy atom. The van der Waals surface area contributed by atoms with E-state index in [1.807, 2.05) is 0 Å². The molecule has 7 nitrogen and oxygen atoms in total. The molecule has 29 heavy (non-hydrogen) atoms. The summed E-state index contributed by atoms with van der Waals surface area (Å²) in [5.41, 5.74) is 5.49. The van der Waals surface area contributed by atoms with Crippen molar-refractivity contribution < 1.29 is 28.2 Å². The van der Waals surface area contributed by atoms with Gasteiger partial charge in [0.2, 0.25) is 17.6 Å². The lowest BCUT2D eigenvalue weighted by atomic mass is 10.1. The first-order valence-electron chi connectivity index (χ1n) is 8.72. The third-order valence-corrected chi connectivity index (χ3v) is 4.95. The highest BCUT2D eigenvalue weighted by Gasteiger charge is 2.14. The zero-order valence-corrected chi connectivity index (χ0v) is 17.2. The van der Waals surface area contributed by atoms with Crippen LogP contribution in [0.4, 0.5) is 4.39 Å². The number of hydrogen-bond acceptors (Lipinski definition) is 6. The lowest BCUT2D eigenvalue weighted by molar-refractivity contribution is -0.127. The topological polar surface area (TPSA) is 85.9 Å². The number of thioether (sulfide) groups is 1. The van der Waals surface area contributed by atoms with E-state index in [1.165, 1.54) is 27.4 Å². The van der Waals surface area contributed by atoms with Crippen LogP contribution in [0.2, 0.25) is 0 Å². The van der Waals surface area contributed by atoms with E-state index < -0.39 is 5.91 Å². The lowest BCUT2D eigenvalue weighted by Gasteiger charge is -2.14. The van der Waals surface area contributed by atoms with Gasteiger partial charge in [0.15, 0.2) is 11.5 Å². The van der Waals surface area contributed by atoms with Crippen LogP contribution in [0.5, 0.6) is 17.2 Å². The predicted molar refractivity (Wildman–Crippen MR) is 108 cm³/mol. The summed E-state index contributed by atoms with van der Waals surface area (Å²) >= 11 is 1.05. The molecule has 0 spiro atoms. The maximum atomic E-state index is 13.5. The van der Waals surface area contributed by atoms with E-state index in [4.69, 9.17) is 14.2 Å². The molecular weight excluding hydrogens is 399 g/mol. The fourth-order valence-electron chi connectivity index (χ4n) is 2.48. The van der Waals surface area contributed by atoms with E-state index in [0.29, 0.717) is 28.6 Å². The van der Waals surface area contributed by atoms with E-state index in [9.17, 15) is 14.0 Å². The number of hydrazine groups is 1. The molecule has 0 radical (unpaired) electrons. The molecule has 2 aromatic rings. The molecular formula is C20H23FN2O5S. The van der Waals surface area contributed by atoms with Gasteiger partial charge in [0.1, 0.15) is 5.82 Å². The summed E-state index contributed by atoms with van der Waals surface area (Å²) < 4.78 is 29.4. The average molecular weight is 422 g/mol. The summed E-state index contributed by atoms with van der Waals surface area (Å²) in [4.78, 5) is 24.2. The van der Waals surface area contributed by atoms with Crippen LogP contribution in [-0.4, -0.2) is 38.9 Å². The van der Waals surface area contributed by atoms with E-state index in [1.54, 1.807) is 30.3 Å². The molecule has 0 fully saturated rings. The maximum absolute atomic E-state index is 13.5. The van der Waals surface area contributed by atoms with Gasteiger partial charge in [0.25, 0.3) is 0 Å². The molecule has 156 valence electrons. The molecule has 0 atom stereocenters. The molecule has 0 saturated carbocycles. The number of benzene rings is 2. The summed E-state index contributed by atoms with van der Waals surface area (Å²) in [6, 6.07) is 9.70. The molecule has 9 heteroatoms. The molecule has 0 aromatic heterocycles. The highest BCUT2D eigenvalue weighted by molar-refractivity contribution is 8.00. The smallest absolute Gasteiger partial charge is 0.248 e. The Bertz CT molecular complexity index is 838. The fourth-order valence-corrected chi connectivity index (χ4v) is 3.22. The molecule has 0 aliphatic rings. The van der Waals surface area contributed by atoms with Gasteiger partial charge in [-0.3, -0.25) is 20.4 Å². The maximum Gasteiger partial charge on any atom is 0.248 e. The van der Waals surface area contributed by atoms with E-state index in [-0.39, 0.29) is 23.9 Å². The van der Waals surface area contributed by atoms with Gasteiger partial charge >= 0.3 is 0 Å². The van der Waals surface area contributed by atoms with Gasteiger partial charge in [-0.15, -0.1) is 11.8 Å². The Kier molecular flexibility index (Phi) is 8.60. The number of carbonyl (C=O) groups is 2. The number of nitrogens with one attached hydrogen (secondary N) is 2. The van der Waals surface area contributed by atoms with E-state index >= 15 is 0 Å². The lowest BCUT2D eigenvalue weighted by Crippen LogP contribution is -2.42. The zero-order chi connectivity index (χ0) is 21.2. The second-order valence-electron chi connectivity index (χ2n) is 5.85. The van der Waals surface area contributed by atoms with Crippen LogP contribution in [-0.2, 0) is 16.0 Å². The van der Waals surface area contributed by atoms with Gasteiger partial charge < -0.3 is 14.2 Å². The minimum absolute atomic E-state index is 0.0198. The largest absolute Gasteiger partial charge is 0.493 e. The monoisotopic (exact) mass is 422 g/mol. The van der Waals surface area contributed by atoms with Crippen molar-refractivity contribution in [2.75, 3.05) is 27.1 Å². The molecule has 0 bridgehead atoms. The fraction of sp³-hybridized carbons (Fsp3) is 0.300. The van der Waals surface area contributed by atoms with Gasteiger partial charge in [-0.2, -0.15) is 0 Å². The van der Waals surface area contributed by atoms with Gasteiger partial charge in [-0.25, -0.2) is 4.39 Å². The molecule has 0 unspecified atom stereocenters. The Morgan fingerprint density at radius 3 is 2.17 bits per heavy atom. The number of rotatable bonds is 9. The third kappa shape index (κ3) is 6.56. The van der Waals surface area contributed by atoms with Crippen LogP contribution >= 0.6 is 11.8 Å². The molecule has 0 aliphatic carbocycles. The Morgan fingerprint density at radius 1 is 0.966 bits per heavy atom. The summed E-state index contributed by atoms with van der Waals surface area (Å²) in [7, 11) is 4.55. The third-order valence-electron chi connectivity index (χ3n) is 3.90. The quantitative estimate of drug-likeness (QED) is 0.477. The molecule has 2 rings (SSSR count). The summed E-state index contributed by atoms with van der Waals surface area (Å²) in [5.74, 6) is 0.278. The van der Waals surface area contributed by atoms with Crippen molar-refractivity contribution >= 4 is 23.6 Å². The number of carbonyl (C=O) groups excluding carboxylic acids is 2. The van der Waals surface area contributed by atoms with Gasteiger partial charge in [0, 0.05) is 11.3 Å². The molecule has 2 amide bonds. The number of methoxy groups -OCH3 is 3. The van der Waals surface area contributed by atoms with Crippen molar-refractivity contribution in [3.05, 3.63) is 47.8 Å². The van der Waals surface area contributed by atoms with Gasteiger partial charge in [0.05, 0.1) is 27.1 Å². The first-order valence-corrected chi connectivity index (χ1v) is 9.71. The predicted octanol–water partition coefficient (Wildman–Crippen LogP) is 2.72. The minimum atomic E-state index is -0.431. The van der Waals surface area contributed by atoms with Gasteiger partial charge in [-0.05, 0) is 36.2 Å². The molecule has 2 aromatic carbocycles. The second kappa shape index (κ2) is 11.2. The Balaban J connectivity index is 1.81. The molecule has 0 heterocycles. The second-order valence-corrected chi connectivity index (χ2v) is 6.87. The number of halogens is 1. The molecule has 0 aliphatic heterocycles. The molecule has 0 saturated heterocycles. The van der Waals surface area contributed by atoms with Crippen LogP contribution in [0.1, 0.15) is 12.0 Å². The van der Waals surface area contributed by atoms with Crippen molar-refractivity contribution in [1.82, 2.24) is 10.9 Å². The van der Waals surface area contributed by atoms with E-state index in [0.717, 1.165) is 17.3 Å². The highest BCUT2D eigenvalue weighted by atomic mass is 32.2. The number of hydrogen-bond donors (Lipinski definition) is 2. The Hall–Kier alpha value is -2.94. The van der Waals surface area contributed by atoms with Crippen molar-refractivity contribution in [3.63, 3.8) is 0 Å². The summed E-state index contributed by atoms with van der Waals surface area (Å²) in [5, 5.41) is 0. The van der Waals surface area contributed by atoms with Crippen LogP contribution in [0.3, 0.4) is 0 Å². The van der Waals surface area contributed by atoms with Crippen LogP contribution < -0.4 is 25.1 Å². The first-order chi connectivity index (χ1) is 14.0. The van der Waals surface area contributed by atoms with E-state index in [2.05, 4.69) is 10.9 Å². The van der Waals surface area contributed by atoms with Crippen LogP contribution in [0, 0.1) is 5.82 Å². The molecule has 2 N–H and O–H groups in total. The number of ether oxygens (including phenoxy) is 3. The number of amides is 2. The summed E-state index contributed by atoms with van der Waals surface area (Å²) in [6.07, 6.45) is 0.543. The standard InChI is InChI=1S/C20H23FN2O5S/c1-26-15-10-13(11-16(27-2)20(15)28-3)8-9-18(24)22-23-19(25)12-29-17-7-5-4-6-14(17)21/h4-7,10-11H,8-9,12H2,1-3H3,(H,22,24)(H,23,25). The number of aryl methyl sites for hydroxylation is 1. The Labute approximate surface area is 172 Å². The van der Waals surface area contributed by atoms with Crippen molar-refractivity contribution in [2.45, 2.75) is 17.7 Å². The zero-order valence-electron chi connectivity index (χ0n) is 16.4. The first kappa shape index (κ1) is 22.4. The van der Waals surface area contributed by atoms with Crippen LogP contribution in [0.25, 0.3) is 0 Å². The van der Waals surface area contributed by atoms with Crippen molar-refractivity contribution in [3.8, 4) is 17.2 Å². The minimum Gasteiger partial charge on any atom is -0.493 e. The van der Waals surface area contributed by atoms with Crippen LogP contribution in [0.15, 0.2) is 41.3 Å². The van der Waals surface area contributed by atoms with Crippen molar-refractivity contribution in [2.24, 2.45) is 0 Å².